The van der Waals surface area contributed by atoms with Gasteiger partial charge >= 0.3 is 0 Å². The van der Waals surface area contributed by atoms with E-state index in [4.69, 9.17) is 10.6 Å². The van der Waals surface area contributed by atoms with Gasteiger partial charge in [-0.25, -0.2) is 15.8 Å². The summed E-state index contributed by atoms with van der Waals surface area (Å²) in [6, 6.07) is 7.41. The number of anilines is 3. The first-order chi connectivity index (χ1) is 9.12. The molecular weight excluding hydrogens is 310 g/mol. The van der Waals surface area contributed by atoms with Gasteiger partial charge in [0, 0.05) is 17.8 Å². The average molecular weight is 324 g/mol. The maximum atomic E-state index is 5.35. The van der Waals surface area contributed by atoms with Crippen LogP contribution in [-0.4, -0.2) is 17.1 Å². The Balaban J connectivity index is 2.28. The number of aryl methyl sites for hydroxylation is 1. The zero-order valence-electron chi connectivity index (χ0n) is 10.6. The van der Waals surface area contributed by atoms with Gasteiger partial charge in [0.1, 0.15) is 23.2 Å². The van der Waals surface area contributed by atoms with E-state index >= 15 is 0 Å². The monoisotopic (exact) mass is 323 g/mol. The van der Waals surface area contributed by atoms with Crippen LogP contribution in [0.25, 0.3) is 0 Å². The van der Waals surface area contributed by atoms with Gasteiger partial charge in [-0.1, -0.05) is 0 Å². The van der Waals surface area contributed by atoms with Gasteiger partial charge in [0.2, 0.25) is 0 Å². The lowest BCUT2D eigenvalue weighted by atomic mass is 10.3. The van der Waals surface area contributed by atoms with Gasteiger partial charge in [-0.15, -0.1) is 0 Å². The van der Waals surface area contributed by atoms with E-state index in [0.29, 0.717) is 17.5 Å². The first-order valence-electron chi connectivity index (χ1n) is 5.55. The molecule has 1 heterocycles. The van der Waals surface area contributed by atoms with Gasteiger partial charge in [0.15, 0.2) is 0 Å². The fraction of sp³-hybridized carbons (Fsp3) is 0.167. The van der Waals surface area contributed by atoms with Crippen molar-refractivity contribution in [1.29, 1.82) is 0 Å². The Morgan fingerprint density at radius 2 is 1.95 bits per heavy atom. The summed E-state index contributed by atoms with van der Waals surface area (Å²) < 4.78 is 6.13. The highest BCUT2D eigenvalue weighted by molar-refractivity contribution is 9.10. The maximum Gasteiger partial charge on any atom is 0.145 e. The van der Waals surface area contributed by atoms with Crippen molar-refractivity contribution < 1.29 is 4.74 Å². The number of hydrogen-bond donors (Lipinski definition) is 3. The van der Waals surface area contributed by atoms with Crippen LogP contribution in [0.5, 0.6) is 5.75 Å². The molecule has 0 radical (unpaired) electrons. The number of nitrogens with one attached hydrogen (secondary N) is 2. The van der Waals surface area contributed by atoms with E-state index in [1.54, 1.807) is 20.1 Å². The smallest absolute Gasteiger partial charge is 0.145 e. The number of rotatable bonds is 4. The Morgan fingerprint density at radius 1 is 1.21 bits per heavy atom. The van der Waals surface area contributed by atoms with Crippen LogP contribution < -0.4 is 21.3 Å². The molecule has 1 aromatic carbocycles. The second-order valence-electron chi connectivity index (χ2n) is 3.80. The predicted octanol–water partition coefficient (Wildman–Crippen LogP) is 2.59. The minimum atomic E-state index is 0.555. The molecule has 0 unspecified atom stereocenters. The molecule has 0 fully saturated rings. The number of ether oxygens (including phenoxy) is 1. The molecular formula is C12H14BrN5O. The Kier molecular flexibility index (Phi) is 4.18. The Morgan fingerprint density at radius 3 is 2.63 bits per heavy atom. The van der Waals surface area contributed by atoms with Crippen LogP contribution in [0.15, 0.2) is 28.7 Å². The van der Waals surface area contributed by atoms with Crippen LogP contribution in [0, 0.1) is 6.92 Å². The number of aromatic nitrogens is 2. The molecule has 2 aromatic rings. The lowest BCUT2D eigenvalue weighted by Crippen LogP contribution is -2.10. The number of nitrogens with zero attached hydrogens (tertiary/aromatic N) is 2. The van der Waals surface area contributed by atoms with Gasteiger partial charge in [-0.2, -0.15) is 0 Å². The van der Waals surface area contributed by atoms with Crippen molar-refractivity contribution >= 4 is 33.3 Å². The molecule has 0 spiro atoms. The van der Waals surface area contributed by atoms with Crippen LogP contribution in [0.2, 0.25) is 0 Å². The summed E-state index contributed by atoms with van der Waals surface area (Å²) in [6.07, 6.45) is 0. The molecule has 19 heavy (non-hydrogen) atoms. The Bertz CT molecular complexity index is 590. The molecule has 6 nitrogen and oxygen atoms in total. The second-order valence-corrected chi connectivity index (χ2v) is 4.66. The summed E-state index contributed by atoms with van der Waals surface area (Å²) in [6.45, 7) is 1.80. The van der Waals surface area contributed by atoms with Crippen LogP contribution >= 0.6 is 15.9 Å². The highest BCUT2D eigenvalue weighted by Gasteiger charge is 2.04. The molecule has 0 atom stereocenters. The largest absolute Gasteiger partial charge is 0.495 e. The van der Waals surface area contributed by atoms with Crippen molar-refractivity contribution in [2.24, 2.45) is 5.84 Å². The van der Waals surface area contributed by atoms with Gasteiger partial charge in [-0.3, -0.25) is 0 Å². The standard InChI is InChI=1S/C12H14BrN5O/c1-7-15-11(6-12(16-7)18-14)17-8-3-4-9(13)10(5-8)19-2/h3-6H,14H2,1-2H3,(H2,15,16,17,18). The van der Waals surface area contributed by atoms with Crippen molar-refractivity contribution in [2.75, 3.05) is 17.9 Å². The number of nitrogen functional groups attached to an aromatic ring is 1. The molecule has 1 aromatic heterocycles. The average Bonchev–Trinajstić information content (AvgIpc) is 2.40. The third-order valence-electron chi connectivity index (χ3n) is 2.41. The summed E-state index contributed by atoms with van der Waals surface area (Å²) >= 11 is 3.41. The normalized spacial score (nSPS) is 10.1. The SMILES string of the molecule is COc1cc(Nc2cc(NN)nc(C)n2)ccc1Br. The topological polar surface area (TPSA) is 85.1 Å². The van der Waals surface area contributed by atoms with E-state index in [1.807, 2.05) is 18.2 Å². The molecule has 0 aliphatic heterocycles. The summed E-state index contributed by atoms with van der Waals surface area (Å²) in [5.41, 5.74) is 3.36. The van der Waals surface area contributed by atoms with Crippen molar-refractivity contribution in [1.82, 2.24) is 9.97 Å². The zero-order valence-corrected chi connectivity index (χ0v) is 12.2. The van der Waals surface area contributed by atoms with E-state index in [0.717, 1.165) is 15.9 Å². The number of hydrogen-bond acceptors (Lipinski definition) is 6. The minimum absolute atomic E-state index is 0.555. The number of halogens is 1. The molecule has 0 aliphatic carbocycles. The van der Waals surface area contributed by atoms with Gasteiger partial charge in [0.25, 0.3) is 0 Å². The maximum absolute atomic E-state index is 5.35. The van der Waals surface area contributed by atoms with E-state index < -0.39 is 0 Å². The van der Waals surface area contributed by atoms with Crippen molar-refractivity contribution in [3.05, 3.63) is 34.6 Å². The summed E-state index contributed by atoms with van der Waals surface area (Å²) in [4.78, 5) is 8.41. The third-order valence-corrected chi connectivity index (χ3v) is 3.06. The predicted molar refractivity (Wildman–Crippen MR) is 78.6 cm³/mol. The first-order valence-corrected chi connectivity index (χ1v) is 6.34. The van der Waals surface area contributed by atoms with Gasteiger partial charge in [-0.05, 0) is 35.0 Å². The molecule has 0 aliphatic rings. The third kappa shape index (κ3) is 3.33. The highest BCUT2D eigenvalue weighted by atomic mass is 79.9. The van der Waals surface area contributed by atoms with Gasteiger partial charge < -0.3 is 15.5 Å². The van der Waals surface area contributed by atoms with Crippen molar-refractivity contribution in [3.63, 3.8) is 0 Å². The molecule has 0 saturated heterocycles. The highest BCUT2D eigenvalue weighted by Crippen LogP contribution is 2.29. The van der Waals surface area contributed by atoms with Gasteiger partial charge in [0.05, 0.1) is 11.6 Å². The number of nitrogens with two attached hydrogens (primary N) is 1. The zero-order chi connectivity index (χ0) is 13.8. The molecule has 0 amide bonds. The van der Waals surface area contributed by atoms with E-state index in [1.165, 1.54) is 0 Å². The van der Waals surface area contributed by atoms with Crippen molar-refractivity contribution in [3.8, 4) is 5.75 Å². The number of hydrazine groups is 1. The molecule has 0 saturated carbocycles. The Hall–Kier alpha value is -1.86. The van der Waals surface area contributed by atoms with Crippen LogP contribution in [-0.2, 0) is 0 Å². The minimum Gasteiger partial charge on any atom is -0.495 e. The van der Waals surface area contributed by atoms with Crippen LogP contribution in [0.3, 0.4) is 0 Å². The summed E-state index contributed by atoms with van der Waals surface area (Å²) in [5, 5.41) is 3.17. The van der Waals surface area contributed by atoms with Crippen LogP contribution in [0.4, 0.5) is 17.3 Å². The molecule has 2 rings (SSSR count). The van der Waals surface area contributed by atoms with Crippen molar-refractivity contribution in [2.45, 2.75) is 6.92 Å². The Labute approximate surface area is 119 Å². The second kappa shape index (κ2) is 5.85. The summed E-state index contributed by atoms with van der Waals surface area (Å²) in [7, 11) is 1.62. The molecule has 0 bridgehead atoms. The lowest BCUT2D eigenvalue weighted by Gasteiger charge is -2.10. The molecule has 100 valence electrons. The molecule has 7 heteroatoms. The van der Waals surface area contributed by atoms with E-state index in [2.05, 4.69) is 36.6 Å². The van der Waals surface area contributed by atoms with Crippen LogP contribution in [0.1, 0.15) is 5.82 Å². The van der Waals surface area contributed by atoms with E-state index in [-0.39, 0.29) is 0 Å². The molecule has 4 N–H and O–H groups in total. The number of methoxy groups -OCH3 is 1. The lowest BCUT2D eigenvalue weighted by molar-refractivity contribution is 0.412. The number of benzene rings is 1. The quantitative estimate of drug-likeness (QED) is 0.592. The van der Waals surface area contributed by atoms with E-state index in [9.17, 15) is 0 Å². The fourth-order valence-corrected chi connectivity index (χ4v) is 2.00. The summed E-state index contributed by atoms with van der Waals surface area (Å²) in [5.74, 6) is 7.93. The fourth-order valence-electron chi connectivity index (χ4n) is 1.59. The first kappa shape index (κ1) is 13.6.